The van der Waals surface area contributed by atoms with E-state index < -0.39 is 11.1 Å². The number of imide groups is 1. The molecule has 1 aliphatic rings. The topological polar surface area (TPSA) is 92.4 Å². The van der Waals surface area contributed by atoms with E-state index in [0.29, 0.717) is 16.9 Å². The second-order valence-corrected chi connectivity index (χ2v) is 6.69. The van der Waals surface area contributed by atoms with Gasteiger partial charge in [0.2, 0.25) is 0 Å². The number of hydrogen-bond acceptors (Lipinski definition) is 6. The van der Waals surface area contributed by atoms with E-state index in [1.165, 1.54) is 12.1 Å². The molecule has 1 saturated heterocycles. The molecule has 1 aromatic carbocycles. The van der Waals surface area contributed by atoms with Crippen LogP contribution in [0, 0.1) is 0 Å². The molecule has 3 heterocycles. The molecular formula is C17H9ClN2O4S. The van der Waals surface area contributed by atoms with Gasteiger partial charge >= 0.3 is 0 Å². The van der Waals surface area contributed by atoms with Gasteiger partial charge in [0.25, 0.3) is 11.1 Å². The SMILES string of the molecule is O=C1NC(=O)/C(=C/c2cc3cncc(-c4ccc(O)c(Cl)c4)c3o2)S1. The van der Waals surface area contributed by atoms with Gasteiger partial charge in [0.1, 0.15) is 17.1 Å². The molecular weight excluding hydrogens is 364 g/mol. The summed E-state index contributed by atoms with van der Waals surface area (Å²) in [5.74, 6) is -0.0232. The zero-order valence-corrected chi connectivity index (χ0v) is 14.0. The minimum absolute atomic E-state index is 0.00986. The van der Waals surface area contributed by atoms with E-state index in [1.807, 2.05) is 0 Å². The van der Waals surface area contributed by atoms with Crippen LogP contribution in [0.25, 0.3) is 28.2 Å². The number of carbonyl (C=O) groups is 2. The van der Waals surface area contributed by atoms with E-state index in [9.17, 15) is 14.7 Å². The Labute approximate surface area is 150 Å². The van der Waals surface area contributed by atoms with Crippen LogP contribution in [0.5, 0.6) is 5.75 Å². The number of aromatic nitrogens is 1. The average Bonchev–Trinajstić information content (AvgIpc) is 3.12. The van der Waals surface area contributed by atoms with Gasteiger partial charge in [-0.2, -0.15) is 0 Å². The Kier molecular flexibility index (Phi) is 3.74. The van der Waals surface area contributed by atoms with Crippen LogP contribution in [0.4, 0.5) is 4.79 Å². The van der Waals surface area contributed by atoms with Crippen molar-refractivity contribution in [2.45, 2.75) is 0 Å². The maximum Gasteiger partial charge on any atom is 0.290 e. The van der Waals surface area contributed by atoms with Crippen molar-refractivity contribution >= 4 is 51.6 Å². The highest BCUT2D eigenvalue weighted by Gasteiger charge is 2.25. The summed E-state index contributed by atoms with van der Waals surface area (Å²) in [6.07, 6.45) is 4.78. The molecule has 4 rings (SSSR count). The molecule has 0 saturated carbocycles. The molecule has 0 spiro atoms. The number of thioether (sulfide) groups is 1. The van der Waals surface area contributed by atoms with Gasteiger partial charge in [0, 0.05) is 29.4 Å². The summed E-state index contributed by atoms with van der Waals surface area (Å²) < 4.78 is 5.84. The summed E-state index contributed by atoms with van der Waals surface area (Å²) in [5.41, 5.74) is 2.00. The van der Waals surface area contributed by atoms with Crippen molar-refractivity contribution in [3.63, 3.8) is 0 Å². The number of fused-ring (bicyclic) bond motifs is 1. The number of phenolic OH excluding ortho intramolecular Hbond substituents is 1. The molecule has 6 nitrogen and oxygen atoms in total. The number of furan rings is 1. The Hall–Kier alpha value is -2.77. The smallest absolute Gasteiger partial charge is 0.290 e. The van der Waals surface area contributed by atoms with E-state index in [4.69, 9.17) is 16.0 Å². The third kappa shape index (κ3) is 2.88. The van der Waals surface area contributed by atoms with Crippen LogP contribution in [-0.2, 0) is 4.79 Å². The number of amides is 2. The van der Waals surface area contributed by atoms with Gasteiger partial charge in [-0.3, -0.25) is 19.9 Å². The normalized spacial score (nSPS) is 16.0. The van der Waals surface area contributed by atoms with Crippen LogP contribution in [0.2, 0.25) is 5.02 Å². The number of rotatable bonds is 2. The van der Waals surface area contributed by atoms with E-state index in [0.717, 1.165) is 22.7 Å². The molecule has 1 aliphatic heterocycles. The highest BCUT2D eigenvalue weighted by molar-refractivity contribution is 8.18. The lowest BCUT2D eigenvalue weighted by Gasteiger charge is -2.04. The van der Waals surface area contributed by atoms with Crippen molar-refractivity contribution in [3.05, 3.63) is 52.3 Å². The maximum atomic E-state index is 11.6. The van der Waals surface area contributed by atoms with E-state index in [2.05, 4.69) is 10.3 Å². The monoisotopic (exact) mass is 372 g/mol. The van der Waals surface area contributed by atoms with Crippen LogP contribution in [0.1, 0.15) is 5.76 Å². The number of hydrogen-bond donors (Lipinski definition) is 2. The van der Waals surface area contributed by atoms with Gasteiger partial charge in [-0.05, 0) is 35.5 Å². The molecule has 3 aromatic rings. The van der Waals surface area contributed by atoms with Crippen LogP contribution in [-0.4, -0.2) is 21.2 Å². The summed E-state index contributed by atoms with van der Waals surface area (Å²) in [6, 6.07) is 6.55. The number of carbonyl (C=O) groups excluding carboxylic acids is 2. The molecule has 2 aromatic heterocycles. The van der Waals surface area contributed by atoms with Crippen molar-refractivity contribution in [1.29, 1.82) is 0 Å². The van der Waals surface area contributed by atoms with Gasteiger partial charge in [-0.25, -0.2) is 0 Å². The fourth-order valence-electron chi connectivity index (χ4n) is 2.48. The predicted octanol–water partition coefficient (Wildman–Crippen LogP) is 4.18. The number of aromatic hydroxyl groups is 1. The molecule has 2 amide bonds. The summed E-state index contributed by atoms with van der Waals surface area (Å²) >= 11 is 6.80. The first-order valence-electron chi connectivity index (χ1n) is 7.12. The average molecular weight is 373 g/mol. The van der Waals surface area contributed by atoms with Gasteiger partial charge in [-0.15, -0.1) is 0 Å². The van der Waals surface area contributed by atoms with Crippen LogP contribution in [0.3, 0.4) is 0 Å². The van der Waals surface area contributed by atoms with Crippen molar-refractivity contribution in [2.24, 2.45) is 0 Å². The lowest BCUT2D eigenvalue weighted by molar-refractivity contribution is -0.115. The highest BCUT2D eigenvalue weighted by atomic mass is 35.5. The Bertz CT molecular complexity index is 1070. The van der Waals surface area contributed by atoms with Gasteiger partial charge in [-0.1, -0.05) is 17.7 Å². The zero-order valence-electron chi connectivity index (χ0n) is 12.4. The van der Waals surface area contributed by atoms with E-state index in [1.54, 1.807) is 30.6 Å². The largest absolute Gasteiger partial charge is 0.506 e. The fourth-order valence-corrected chi connectivity index (χ4v) is 3.33. The summed E-state index contributed by atoms with van der Waals surface area (Å²) in [6.45, 7) is 0. The summed E-state index contributed by atoms with van der Waals surface area (Å²) in [5, 5.41) is 12.3. The minimum Gasteiger partial charge on any atom is -0.506 e. The number of halogens is 1. The van der Waals surface area contributed by atoms with Crippen LogP contribution < -0.4 is 5.32 Å². The van der Waals surface area contributed by atoms with E-state index in [-0.39, 0.29) is 15.7 Å². The molecule has 0 unspecified atom stereocenters. The van der Waals surface area contributed by atoms with Crippen molar-refractivity contribution in [3.8, 4) is 16.9 Å². The quantitative estimate of drug-likeness (QED) is 0.655. The number of nitrogens with zero attached hydrogens (tertiary/aromatic N) is 1. The molecule has 2 N–H and O–H groups in total. The standard InChI is InChI=1S/C17H9ClN2O4S/c18-12-4-8(1-2-13(12)21)11-7-19-6-9-3-10(24-15(9)11)5-14-16(22)20-17(23)25-14/h1-7,21H,(H,20,22,23)/b14-5-. The first kappa shape index (κ1) is 15.7. The Morgan fingerprint density at radius 1 is 1.24 bits per heavy atom. The molecule has 124 valence electrons. The minimum atomic E-state index is -0.445. The third-order valence-electron chi connectivity index (χ3n) is 3.62. The molecule has 0 bridgehead atoms. The van der Waals surface area contributed by atoms with Crippen LogP contribution in [0.15, 0.2) is 46.0 Å². The first-order chi connectivity index (χ1) is 12.0. The fraction of sp³-hybridized carbons (Fsp3) is 0. The highest BCUT2D eigenvalue weighted by Crippen LogP contribution is 2.35. The summed E-state index contributed by atoms with van der Waals surface area (Å²) in [4.78, 5) is 27.3. The number of pyridine rings is 1. The molecule has 0 atom stereocenters. The Morgan fingerprint density at radius 2 is 2.08 bits per heavy atom. The van der Waals surface area contributed by atoms with Gasteiger partial charge < -0.3 is 9.52 Å². The zero-order chi connectivity index (χ0) is 17.6. The molecule has 0 aliphatic carbocycles. The second kappa shape index (κ2) is 5.94. The Balaban J connectivity index is 1.81. The summed E-state index contributed by atoms with van der Waals surface area (Å²) in [7, 11) is 0. The molecule has 0 radical (unpaired) electrons. The lowest BCUT2D eigenvalue weighted by Crippen LogP contribution is -2.17. The molecule has 8 heteroatoms. The van der Waals surface area contributed by atoms with Gasteiger partial charge in [0.15, 0.2) is 0 Å². The lowest BCUT2D eigenvalue weighted by atomic mass is 10.1. The van der Waals surface area contributed by atoms with Crippen LogP contribution >= 0.6 is 23.4 Å². The van der Waals surface area contributed by atoms with Crippen molar-refractivity contribution in [1.82, 2.24) is 10.3 Å². The number of phenols is 1. The molecule has 25 heavy (non-hydrogen) atoms. The van der Waals surface area contributed by atoms with E-state index >= 15 is 0 Å². The van der Waals surface area contributed by atoms with Gasteiger partial charge in [0.05, 0.1) is 9.93 Å². The molecule has 1 fully saturated rings. The predicted molar refractivity (Wildman–Crippen MR) is 95.2 cm³/mol. The Morgan fingerprint density at radius 3 is 2.80 bits per heavy atom. The van der Waals surface area contributed by atoms with Crippen molar-refractivity contribution in [2.75, 3.05) is 0 Å². The first-order valence-corrected chi connectivity index (χ1v) is 8.32. The maximum absolute atomic E-state index is 11.6. The third-order valence-corrected chi connectivity index (χ3v) is 4.73. The number of benzene rings is 1. The number of nitrogens with one attached hydrogen (secondary N) is 1. The van der Waals surface area contributed by atoms with Crippen molar-refractivity contribution < 1.29 is 19.1 Å². The second-order valence-electron chi connectivity index (χ2n) is 5.27.